The van der Waals surface area contributed by atoms with Gasteiger partial charge < -0.3 is 9.47 Å². The van der Waals surface area contributed by atoms with E-state index in [4.69, 9.17) is 4.98 Å². The largest absolute Gasteiger partial charge is 0.330 e. The van der Waals surface area contributed by atoms with Gasteiger partial charge in [-0.2, -0.15) is 5.10 Å². The molecule has 0 N–H and O–H groups in total. The van der Waals surface area contributed by atoms with Crippen molar-refractivity contribution in [1.82, 2.24) is 29.2 Å². The molecule has 28 heavy (non-hydrogen) atoms. The van der Waals surface area contributed by atoms with Gasteiger partial charge in [0.05, 0.1) is 29.8 Å². The molecule has 0 unspecified atom stereocenters. The first-order valence-corrected chi connectivity index (χ1v) is 9.13. The molecule has 0 aliphatic heterocycles. The van der Waals surface area contributed by atoms with Crippen LogP contribution in [0.2, 0.25) is 0 Å². The molecule has 1 amide bonds. The third-order valence-corrected chi connectivity index (χ3v) is 4.90. The zero-order chi connectivity index (χ0) is 19.7. The minimum atomic E-state index is -0.143. The summed E-state index contributed by atoms with van der Waals surface area (Å²) in [6, 6.07) is 15.3. The Morgan fingerprint density at radius 3 is 2.54 bits per heavy atom. The average Bonchev–Trinajstić information content (AvgIpc) is 3.20. The van der Waals surface area contributed by atoms with E-state index in [0.717, 1.165) is 28.2 Å². The lowest BCUT2D eigenvalue weighted by Crippen LogP contribution is -2.32. The van der Waals surface area contributed by atoms with Crippen molar-refractivity contribution in [3.8, 4) is 0 Å². The Labute approximate surface area is 163 Å². The van der Waals surface area contributed by atoms with Gasteiger partial charge in [-0.3, -0.25) is 14.5 Å². The first-order chi connectivity index (χ1) is 13.5. The predicted octanol–water partition coefficient (Wildman–Crippen LogP) is 2.85. The molecule has 0 radical (unpaired) electrons. The number of aromatic nitrogens is 5. The van der Waals surface area contributed by atoms with E-state index in [0.29, 0.717) is 18.8 Å². The van der Waals surface area contributed by atoms with E-state index in [-0.39, 0.29) is 5.91 Å². The minimum absolute atomic E-state index is 0.143. The lowest BCUT2D eigenvalue weighted by Gasteiger charge is -2.21. The van der Waals surface area contributed by atoms with Crippen LogP contribution >= 0.6 is 0 Å². The summed E-state index contributed by atoms with van der Waals surface area (Å²) in [6.45, 7) is 2.75. The fourth-order valence-corrected chi connectivity index (χ4v) is 3.27. The maximum absolute atomic E-state index is 13.2. The third kappa shape index (κ3) is 3.38. The normalized spacial score (nSPS) is 11.1. The van der Waals surface area contributed by atoms with Crippen molar-refractivity contribution >= 4 is 16.9 Å². The van der Waals surface area contributed by atoms with E-state index in [1.54, 1.807) is 23.2 Å². The Bertz CT molecular complexity index is 1110. The second kappa shape index (κ2) is 7.26. The molecule has 4 rings (SSSR count). The van der Waals surface area contributed by atoms with Gasteiger partial charge in [-0.1, -0.05) is 18.2 Å². The molecule has 142 valence electrons. The smallest absolute Gasteiger partial charge is 0.273 e. The van der Waals surface area contributed by atoms with Gasteiger partial charge in [0.15, 0.2) is 0 Å². The third-order valence-electron chi connectivity index (χ3n) is 4.90. The number of hydrogen-bond donors (Lipinski definition) is 0. The Balaban J connectivity index is 1.69. The number of imidazole rings is 1. The average molecular weight is 374 g/mol. The fraction of sp³-hybridized carbons (Fsp3) is 0.238. The first kappa shape index (κ1) is 17.9. The summed E-state index contributed by atoms with van der Waals surface area (Å²) in [5.41, 5.74) is 4.25. The number of aryl methyl sites for hydroxylation is 3. The van der Waals surface area contributed by atoms with Crippen molar-refractivity contribution in [2.24, 2.45) is 14.1 Å². The molecule has 0 saturated carbocycles. The lowest BCUT2D eigenvalue weighted by molar-refractivity contribution is 0.0716. The molecule has 4 aromatic rings. The van der Waals surface area contributed by atoms with E-state index >= 15 is 0 Å². The van der Waals surface area contributed by atoms with E-state index in [9.17, 15) is 4.79 Å². The van der Waals surface area contributed by atoms with Crippen LogP contribution in [0.15, 0.2) is 54.7 Å². The van der Waals surface area contributed by atoms with E-state index in [1.165, 1.54) is 0 Å². The molecule has 3 heterocycles. The van der Waals surface area contributed by atoms with Crippen molar-refractivity contribution in [1.29, 1.82) is 0 Å². The second-order valence-electron chi connectivity index (χ2n) is 6.85. The summed E-state index contributed by atoms with van der Waals surface area (Å²) in [5, 5.41) is 4.51. The molecule has 0 saturated heterocycles. The maximum atomic E-state index is 13.2. The summed E-state index contributed by atoms with van der Waals surface area (Å²) in [7, 11) is 3.87. The van der Waals surface area contributed by atoms with Crippen LogP contribution in [0.5, 0.6) is 0 Å². The molecular formula is C21H22N6O. The number of pyridine rings is 1. The molecule has 3 aromatic heterocycles. The van der Waals surface area contributed by atoms with Crippen LogP contribution < -0.4 is 0 Å². The Morgan fingerprint density at radius 1 is 1.07 bits per heavy atom. The molecule has 0 atom stereocenters. The topological polar surface area (TPSA) is 68.8 Å². The van der Waals surface area contributed by atoms with Crippen LogP contribution in [0.4, 0.5) is 0 Å². The summed E-state index contributed by atoms with van der Waals surface area (Å²) >= 11 is 0. The number of rotatable bonds is 5. The van der Waals surface area contributed by atoms with Crippen molar-refractivity contribution in [3.05, 3.63) is 77.6 Å². The Morgan fingerprint density at radius 2 is 1.86 bits per heavy atom. The van der Waals surface area contributed by atoms with Crippen LogP contribution in [-0.4, -0.2) is 35.1 Å². The monoisotopic (exact) mass is 374 g/mol. The van der Waals surface area contributed by atoms with Crippen LogP contribution in [0.1, 0.15) is 27.7 Å². The summed E-state index contributed by atoms with van der Waals surface area (Å²) in [5.74, 6) is 0.675. The molecule has 0 bridgehead atoms. The Kier molecular flexibility index (Phi) is 4.65. The molecule has 7 heteroatoms. The molecule has 0 aliphatic carbocycles. The van der Waals surface area contributed by atoms with Gasteiger partial charge in [-0.15, -0.1) is 0 Å². The standard InChI is InChI=1S/C21H22N6O/c1-15-12-16(24-26(15)3)13-27(21(28)18-9-6-7-11-22-18)14-20-23-17-8-4-5-10-19(17)25(20)2/h4-12H,13-14H2,1-3H3. The van der Waals surface area contributed by atoms with Gasteiger partial charge in [-0.25, -0.2) is 4.98 Å². The second-order valence-corrected chi connectivity index (χ2v) is 6.85. The van der Waals surface area contributed by atoms with Gasteiger partial charge in [0.25, 0.3) is 5.91 Å². The minimum Gasteiger partial charge on any atom is -0.330 e. The van der Waals surface area contributed by atoms with Crippen molar-refractivity contribution < 1.29 is 4.79 Å². The number of carbonyl (C=O) groups excluding carboxylic acids is 1. The molecule has 1 aromatic carbocycles. The molecule has 0 spiro atoms. The van der Waals surface area contributed by atoms with Gasteiger partial charge in [0, 0.05) is 26.0 Å². The van der Waals surface area contributed by atoms with Crippen molar-refractivity contribution in [2.75, 3.05) is 0 Å². The number of para-hydroxylation sites is 2. The Hall–Kier alpha value is -3.48. The highest BCUT2D eigenvalue weighted by Crippen LogP contribution is 2.18. The van der Waals surface area contributed by atoms with E-state index in [2.05, 4.69) is 10.1 Å². The number of amides is 1. The summed E-state index contributed by atoms with van der Waals surface area (Å²) in [6.07, 6.45) is 1.63. The molecule has 0 fully saturated rings. The number of fused-ring (bicyclic) bond motifs is 1. The highest BCUT2D eigenvalue weighted by Gasteiger charge is 2.21. The van der Waals surface area contributed by atoms with E-state index in [1.807, 2.05) is 66.7 Å². The van der Waals surface area contributed by atoms with Crippen LogP contribution in [0.3, 0.4) is 0 Å². The fourth-order valence-electron chi connectivity index (χ4n) is 3.27. The van der Waals surface area contributed by atoms with Crippen molar-refractivity contribution in [3.63, 3.8) is 0 Å². The highest BCUT2D eigenvalue weighted by atomic mass is 16.2. The maximum Gasteiger partial charge on any atom is 0.273 e. The lowest BCUT2D eigenvalue weighted by atomic mass is 10.2. The molecule has 7 nitrogen and oxygen atoms in total. The van der Waals surface area contributed by atoms with Crippen LogP contribution in [0, 0.1) is 6.92 Å². The number of carbonyl (C=O) groups is 1. The molecular weight excluding hydrogens is 352 g/mol. The van der Waals surface area contributed by atoms with Gasteiger partial charge in [-0.05, 0) is 37.3 Å². The SMILES string of the molecule is Cc1cc(CN(Cc2nc3ccccc3n2C)C(=O)c2ccccn2)nn1C. The zero-order valence-electron chi connectivity index (χ0n) is 16.2. The number of hydrogen-bond acceptors (Lipinski definition) is 4. The zero-order valence-corrected chi connectivity index (χ0v) is 16.2. The van der Waals surface area contributed by atoms with Gasteiger partial charge in [0.1, 0.15) is 11.5 Å². The van der Waals surface area contributed by atoms with Crippen molar-refractivity contribution in [2.45, 2.75) is 20.0 Å². The predicted molar refractivity (Wildman–Crippen MR) is 106 cm³/mol. The van der Waals surface area contributed by atoms with Gasteiger partial charge >= 0.3 is 0 Å². The number of benzene rings is 1. The number of nitrogens with zero attached hydrogens (tertiary/aromatic N) is 6. The van der Waals surface area contributed by atoms with Gasteiger partial charge in [0.2, 0.25) is 0 Å². The highest BCUT2D eigenvalue weighted by molar-refractivity contribution is 5.92. The summed E-state index contributed by atoms with van der Waals surface area (Å²) in [4.78, 5) is 23.8. The summed E-state index contributed by atoms with van der Waals surface area (Å²) < 4.78 is 3.84. The van der Waals surface area contributed by atoms with Crippen LogP contribution in [-0.2, 0) is 27.2 Å². The van der Waals surface area contributed by atoms with Crippen LogP contribution in [0.25, 0.3) is 11.0 Å². The molecule has 0 aliphatic rings. The first-order valence-electron chi connectivity index (χ1n) is 9.13. The van der Waals surface area contributed by atoms with E-state index < -0.39 is 0 Å². The quantitative estimate of drug-likeness (QED) is 0.539.